The second-order valence-corrected chi connectivity index (χ2v) is 5.40. The third-order valence-corrected chi connectivity index (χ3v) is 3.17. The van der Waals surface area contributed by atoms with E-state index in [0.29, 0.717) is 19.4 Å². The van der Waals surface area contributed by atoms with Crippen LogP contribution < -0.4 is 23.5 Å². The van der Waals surface area contributed by atoms with Crippen molar-refractivity contribution in [2.24, 2.45) is 0 Å². The highest BCUT2D eigenvalue weighted by Crippen LogP contribution is 2.14. The topological polar surface area (TPSA) is 92.3 Å². The molecule has 0 bridgehead atoms. The third kappa shape index (κ3) is 11.5. The highest BCUT2D eigenvalue weighted by atomic mass is 35.5. The van der Waals surface area contributed by atoms with Gasteiger partial charge in [0.2, 0.25) is 0 Å². The van der Waals surface area contributed by atoms with Crippen molar-refractivity contribution in [2.75, 3.05) is 13.2 Å². The lowest BCUT2D eigenvalue weighted by atomic mass is 10.1. The van der Waals surface area contributed by atoms with Crippen LogP contribution >= 0.6 is 0 Å². The van der Waals surface area contributed by atoms with Crippen molar-refractivity contribution in [2.45, 2.75) is 38.1 Å². The van der Waals surface area contributed by atoms with Crippen molar-refractivity contribution in [1.29, 1.82) is 0 Å². The fourth-order valence-corrected chi connectivity index (χ4v) is 1.87. The highest BCUT2D eigenvalue weighted by Gasteiger charge is 2.31. The predicted molar refractivity (Wildman–Crippen MR) is 82.2 cm³/mol. The Bertz CT molecular complexity index is 544. The summed E-state index contributed by atoms with van der Waals surface area (Å²) < 4.78 is 44.9. The van der Waals surface area contributed by atoms with Crippen LogP contribution in [0.4, 0.5) is 18.0 Å². The molecule has 0 fully saturated rings. The summed E-state index contributed by atoms with van der Waals surface area (Å²) in [5.74, 6) is -0.979. The van der Waals surface area contributed by atoms with Crippen molar-refractivity contribution in [3.05, 3.63) is 35.9 Å². The molecule has 1 atom stereocenters. The molecule has 0 aromatic heterocycles. The molecule has 0 aliphatic rings. The maximum atomic E-state index is 11.9. The molecular weight excluding hydrogens is 377 g/mol. The molecule has 26 heavy (non-hydrogen) atoms. The van der Waals surface area contributed by atoms with Crippen molar-refractivity contribution in [1.82, 2.24) is 5.32 Å². The molecule has 1 rings (SSSR count). The molecular formula is C16H22ClF3N2O4. The summed E-state index contributed by atoms with van der Waals surface area (Å²) in [6, 6.07) is 8.33. The Morgan fingerprint density at radius 3 is 2.38 bits per heavy atom. The smallest absolute Gasteiger partial charge is 0.422 e. The van der Waals surface area contributed by atoms with E-state index in [9.17, 15) is 22.8 Å². The Hall–Kier alpha value is -2.00. The van der Waals surface area contributed by atoms with Gasteiger partial charge < -0.3 is 32.9 Å². The molecule has 1 aromatic carbocycles. The Kier molecular flexibility index (Phi) is 11.4. The predicted octanol–water partition coefficient (Wildman–Crippen LogP) is -1.20. The number of alkyl halides is 3. The van der Waals surface area contributed by atoms with Crippen LogP contribution in [-0.2, 0) is 20.9 Å². The lowest BCUT2D eigenvalue weighted by Gasteiger charge is -2.11. The van der Waals surface area contributed by atoms with Crippen LogP contribution in [0.15, 0.2) is 30.3 Å². The van der Waals surface area contributed by atoms with Crippen LogP contribution in [-0.4, -0.2) is 37.4 Å². The average molecular weight is 399 g/mol. The fraction of sp³-hybridized carbons (Fsp3) is 0.500. The quantitative estimate of drug-likeness (QED) is 0.404. The zero-order valence-corrected chi connectivity index (χ0v) is 14.8. The van der Waals surface area contributed by atoms with Crippen LogP contribution in [0, 0.1) is 0 Å². The summed E-state index contributed by atoms with van der Waals surface area (Å²) in [5.41, 5.74) is 4.35. The molecule has 0 aliphatic carbocycles. The maximum absolute atomic E-state index is 11.9. The number of carbonyl (C=O) groups is 2. The third-order valence-electron chi connectivity index (χ3n) is 3.17. The summed E-state index contributed by atoms with van der Waals surface area (Å²) in [6.45, 7) is -1.11. The number of rotatable bonds is 9. The van der Waals surface area contributed by atoms with Crippen molar-refractivity contribution in [3.8, 4) is 0 Å². The molecule has 148 valence electrons. The zero-order valence-electron chi connectivity index (χ0n) is 14.1. The number of hydrogen-bond acceptors (Lipinski definition) is 4. The van der Waals surface area contributed by atoms with Gasteiger partial charge in [-0.05, 0) is 18.4 Å². The van der Waals surface area contributed by atoms with Crippen molar-refractivity contribution in [3.63, 3.8) is 0 Å². The second-order valence-electron chi connectivity index (χ2n) is 5.40. The summed E-state index contributed by atoms with van der Waals surface area (Å²) in [7, 11) is 0. The first kappa shape index (κ1) is 24.0. The number of quaternary nitrogens is 1. The summed E-state index contributed by atoms with van der Waals surface area (Å²) in [5, 5.41) is 2.55. The first-order chi connectivity index (χ1) is 11.8. The van der Waals surface area contributed by atoms with Gasteiger partial charge in [0.05, 0.1) is 0 Å². The first-order valence-electron chi connectivity index (χ1n) is 7.79. The van der Waals surface area contributed by atoms with E-state index < -0.39 is 30.9 Å². The Morgan fingerprint density at radius 2 is 1.77 bits per heavy atom. The molecule has 0 heterocycles. The number of amides is 1. The summed E-state index contributed by atoms with van der Waals surface area (Å²) in [4.78, 5) is 22.8. The van der Waals surface area contributed by atoms with Crippen LogP contribution in [0.25, 0.3) is 0 Å². The van der Waals surface area contributed by atoms with E-state index >= 15 is 0 Å². The van der Waals surface area contributed by atoms with Gasteiger partial charge in [-0.1, -0.05) is 30.3 Å². The van der Waals surface area contributed by atoms with Crippen LogP contribution in [0.1, 0.15) is 24.8 Å². The molecule has 4 N–H and O–H groups in total. The van der Waals surface area contributed by atoms with E-state index in [4.69, 9.17) is 4.74 Å². The summed E-state index contributed by atoms with van der Waals surface area (Å²) >= 11 is 0. The lowest BCUT2D eigenvalue weighted by molar-refractivity contribution is -0.410. The number of alkyl carbamates (subject to hydrolysis) is 1. The minimum Gasteiger partial charge on any atom is -1.00 e. The monoisotopic (exact) mass is 398 g/mol. The minimum atomic E-state index is -4.54. The van der Waals surface area contributed by atoms with Gasteiger partial charge in [-0.3, -0.25) is 0 Å². The van der Waals surface area contributed by atoms with E-state index in [-0.39, 0.29) is 25.4 Å². The van der Waals surface area contributed by atoms with E-state index in [1.165, 1.54) is 0 Å². The van der Waals surface area contributed by atoms with Gasteiger partial charge in [-0.2, -0.15) is 13.2 Å². The van der Waals surface area contributed by atoms with Crippen LogP contribution in [0.2, 0.25) is 0 Å². The van der Waals surface area contributed by atoms with Gasteiger partial charge in [-0.15, -0.1) is 0 Å². The van der Waals surface area contributed by atoms with Gasteiger partial charge in [0.15, 0.2) is 12.6 Å². The van der Waals surface area contributed by atoms with Crippen LogP contribution in [0.3, 0.4) is 0 Å². The molecule has 1 amide bonds. The second kappa shape index (κ2) is 12.4. The Balaban J connectivity index is 0.00000625. The largest absolute Gasteiger partial charge is 1.00 e. The minimum absolute atomic E-state index is 0. The molecule has 0 radical (unpaired) electrons. The molecule has 0 unspecified atom stereocenters. The van der Waals surface area contributed by atoms with E-state index in [1.54, 1.807) is 0 Å². The number of carbonyl (C=O) groups excluding carboxylic acids is 2. The molecule has 6 nitrogen and oxygen atoms in total. The van der Waals surface area contributed by atoms with E-state index in [0.717, 1.165) is 5.56 Å². The molecule has 0 spiro atoms. The number of hydrogen-bond donors (Lipinski definition) is 2. The van der Waals surface area contributed by atoms with Crippen molar-refractivity contribution >= 4 is 12.1 Å². The Labute approximate surface area is 155 Å². The molecule has 10 heteroatoms. The lowest BCUT2D eigenvalue weighted by Crippen LogP contribution is -3.00. The van der Waals surface area contributed by atoms with Gasteiger partial charge in [0, 0.05) is 13.0 Å². The standard InChI is InChI=1S/C16H21F3N2O4.ClH/c17-16(18,19)11-25-14(22)13(20)8-4-5-9-21-15(23)24-10-12-6-2-1-3-7-12;/h1-3,6-7,13H,4-5,8-11,20H2,(H,21,23);1H/t13-;/m0./s1. The average Bonchev–Trinajstić information content (AvgIpc) is 2.57. The van der Waals surface area contributed by atoms with E-state index in [2.05, 4.69) is 15.8 Å². The normalized spacial score (nSPS) is 11.8. The molecule has 0 saturated carbocycles. The van der Waals surface area contributed by atoms with Gasteiger partial charge >= 0.3 is 18.2 Å². The van der Waals surface area contributed by atoms with Gasteiger partial charge in [-0.25, -0.2) is 9.59 Å². The number of benzene rings is 1. The summed E-state index contributed by atoms with van der Waals surface area (Å²) in [6.07, 6.45) is -3.77. The first-order valence-corrected chi connectivity index (χ1v) is 7.79. The number of ether oxygens (including phenoxy) is 2. The number of halogens is 4. The zero-order chi connectivity index (χ0) is 18.7. The van der Waals surface area contributed by atoms with E-state index in [1.807, 2.05) is 30.3 Å². The molecule has 0 aliphatic heterocycles. The molecule has 0 saturated heterocycles. The maximum Gasteiger partial charge on any atom is 0.422 e. The fourth-order valence-electron chi connectivity index (χ4n) is 1.87. The van der Waals surface area contributed by atoms with Gasteiger partial charge in [0.25, 0.3) is 0 Å². The van der Waals surface area contributed by atoms with Crippen LogP contribution in [0.5, 0.6) is 0 Å². The highest BCUT2D eigenvalue weighted by molar-refractivity contribution is 5.73. The Morgan fingerprint density at radius 1 is 1.12 bits per heavy atom. The SMILES string of the molecule is [Cl-].[NH3+][C@@H](CCCCNC(=O)OCc1ccccc1)C(=O)OCC(F)(F)F. The number of nitrogens with one attached hydrogen (secondary N) is 1. The van der Waals surface area contributed by atoms with Crippen molar-refractivity contribution < 1.29 is 50.4 Å². The number of esters is 1. The van der Waals surface area contributed by atoms with Gasteiger partial charge in [0.1, 0.15) is 6.61 Å². The molecule has 1 aromatic rings. The number of unbranched alkanes of at least 4 members (excludes halogenated alkanes) is 1.